The molecule has 0 spiro atoms. The molecule has 2 aromatic rings. The molecule has 3 rings (SSSR count). The van der Waals surface area contributed by atoms with Gasteiger partial charge in [0.25, 0.3) is 0 Å². The number of nitrogens with one attached hydrogen (secondary N) is 2. The Balaban J connectivity index is 1.50. The standard InChI is InChI=1S/C23H30N4O2/c1-2-24-23(25-14-8-16-27-15-7-13-22(27)28)26-18-19-9-6-12-21(17-19)29-20-10-4-3-5-11-20/h3-6,9-12,17H,2,7-8,13-16,18H2,1H3,(H2,24,25,26). The maximum Gasteiger partial charge on any atom is 0.222 e. The van der Waals surface area contributed by atoms with Crippen LogP contribution in [0, 0.1) is 0 Å². The first-order valence-corrected chi connectivity index (χ1v) is 10.4. The zero-order chi connectivity index (χ0) is 20.3. The molecule has 1 fully saturated rings. The molecule has 2 aromatic carbocycles. The Hall–Kier alpha value is -3.02. The fourth-order valence-electron chi connectivity index (χ4n) is 3.26. The first-order valence-electron chi connectivity index (χ1n) is 10.4. The predicted molar refractivity (Wildman–Crippen MR) is 116 cm³/mol. The van der Waals surface area contributed by atoms with Crippen LogP contribution in [0.25, 0.3) is 0 Å². The highest BCUT2D eigenvalue weighted by molar-refractivity contribution is 5.79. The Morgan fingerprint density at radius 2 is 1.93 bits per heavy atom. The molecular formula is C23H30N4O2. The number of aliphatic imine (C=N–C) groups is 1. The molecule has 0 unspecified atom stereocenters. The van der Waals surface area contributed by atoms with Crippen LogP contribution in [-0.4, -0.2) is 42.9 Å². The summed E-state index contributed by atoms with van der Waals surface area (Å²) < 4.78 is 5.90. The molecular weight excluding hydrogens is 364 g/mol. The van der Waals surface area contributed by atoms with E-state index in [0.717, 1.165) is 62.0 Å². The van der Waals surface area contributed by atoms with Gasteiger partial charge in [-0.2, -0.15) is 0 Å². The van der Waals surface area contributed by atoms with Crippen LogP contribution in [0.3, 0.4) is 0 Å². The molecule has 29 heavy (non-hydrogen) atoms. The molecule has 0 aromatic heterocycles. The fraction of sp³-hybridized carbons (Fsp3) is 0.391. The number of carbonyl (C=O) groups excluding carboxylic acids is 1. The maximum atomic E-state index is 11.7. The molecule has 1 aliphatic rings. The first kappa shape index (κ1) is 20.7. The van der Waals surface area contributed by atoms with Gasteiger partial charge in [0.05, 0.1) is 6.54 Å². The normalized spacial score (nSPS) is 14.2. The van der Waals surface area contributed by atoms with Crippen LogP contribution in [0.4, 0.5) is 0 Å². The molecule has 1 aliphatic heterocycles. The smallest absolute Gasteiger partial charge is 0.222 e. The minimum absolute atomic E-state index is 0.281. The van der Waals surface area contributed by atoms with E-state index in [1.165, 1.54) is 0 Å². The van der Waals surface area contributed by atoms with Crippen molar-refractivity contribution in [1.29, 1.82) is 0 Å². The quantitative estimate of drug-likeness (QED) is 0.388. The molecule has 0 aliphatic carbocycles. The van der Waals surface area contributed by atoms with Crippen molar-refractivity contribution < 1.29 is 9.53 Å². The van der Waals surface area contributed by atoms with Crippen LogP contribution >= 0.6 is 0 Å². The molecule has 0 atom stereocenters. The highest BCUT2D eigenvalue weighted by Crippen LogP contribution is 2.22. The number of likely N-dealkylation sites (tertiary alicyclic amines) is 1. The molecule has 1 amide bonds. The number of benzene rings is 2. The number of hydrogen-bond acceptors (Lipinski definition) is 3. The topological polar surface area (TPSA) is 66.0 Å². The summed E-state index contributed by atoms with van der Waals surface area (Å²) in [5.74, 6) is 2.69. The molecule has 6 nitrogen and oxygen atoms in total. The van der Waals surface area contributed by atoms with Crippen molar-refractivity contribution in [1.82, 2.24) is 15.5 Å². The third-order valence-corrected chi connectivity index (χ3v) is 4.71. The van der Waals surface area contributed by atoms with E-state index < -0.39 is 0 Å². The predicted octanol–water partition coefficient (Wildman–Crippen LogP) is 3.55. The monoisotopic (exact) mass is 394 g/mol. The van der Waals surface area contributed by atoms with E-state index in [1.54, 1.807) is 0 Å². The third-order valence-electron chi connectivity index (χ3n) is 4.71. The van der Waals surface area contributed by atoms with E-state index in [1.807, 2.05) is 59.5 Å². The summed E-state index contributed by atoms with van der Waals surface area (Å²) in [6, 6.07) is 17.7. The fourth-order valence-corrected chi connectivity index (χ4v) is 3.26. The Labute approximate surface area is 173 Å². The van der Waals surface area contributed by atoms with Gasteiger partial charge in [-0.3, -0.25) is 4.79 Å². The summed E-state index contributed by atoms with van der Waals surface area (Å²) in [6.45, 7) is 5.90. The Morgan fingerprint density at radius 3 is 2.69 bits per heavy atom. The van der Waals surface area contributed by atoms with Crippen molar-refractivity contribution in [3.8, 4) is 11.5 Å². The van der Waals surface area contributed by atoms with Gasteiger partial charge in [-0.05, 0) is 49.6 Å². The lowest BCUT2D eigenvalue weighted by Gasteiger charge is -2.16. The second kappa shape index (κ2) is 11.1. The van der Waals surface area contributed by atoms with Gasteiger partial charge in [-0.1, -0.05) is 30.3 Å². The van der Waals surface area contributed by atoms with E-state index >= 15 is 0 Å². The molecule has 0 saturated carbocycles. The highest BCUT2D eigenvalue weighted by Gasteiger charge is 2.18. The second-order valence-electron chi connectivity index (χ2n) is 7.02. The van der Waals surface area contributed by atoms with Crippen LogP contribution < -0.4 is 15.4 Å². The Morgan fingerprint density at radius 1 is 1.10 bits per heavy atom. The van der Waals surface area contributed by atoms with Gasteiger partial charge in [0.2, 0.25) is 5.91 Å². The molecule has 0 radical (unpaired) electrons. The lowest BCUT2D eigenvalue weighted by atomic mass is 10.2. The van der Waals surface area contributed by atoms with Crippen molar-refractivity contribution >= 4 is 11.9 Å². The molecule has 0 bridgehead atoms. The zero-order valence-electron chi connectivity index (χ0n) is 17.1. The van der Waals surface area contributed by atoms with Crippen LogP contribution in [0.1, 0.15) is 31.7 Å². The maximum absolute atomic E-state index is 11.7. The van der Waals surface area contributed by atoms with Gasteiger partial charge in [0.15, 0.2) is 5.96 Å². The third kappa shape index (κ3) is 6.82. The minimum atomic E-state index is 0.281. The van der Waals surface area contributed by atoms with Crippen molar-refractivity contribution in [3.63, 3.8) is 0 Å². The summed E-state index contributed by atoms with van der Waals surface area (Å²) in [5.41, 5.74) is 1.08. The van der Waals surface area contributed by atoms with Crippen LogP contribution in [-0.2, 0) is 11.3 Å². The van der Waals surface area contributed by atoms with E-state index in [4.69, 9.17) is 4.74 Å². The highest BCUT2D eigenvalue weighted by atomic mass is 16.5. The number of guanidine groups is 1. The lowest BCUT2D eigenvalue weighted by molar-refractivity contribution is -0.127. The SMILES string of the molecule is CCNC(=NCc1cccc(Oc2ccccc2)c1)NCCCN1CCCC1=O. The van der Waals surface area contributed by atoms with Crippen molar-refractivity contribution in [3.05, 3.63) is 60.2 Å². The first-order chi connectivity index (χ1) is 14.2. The van der Waals surface area contributed by atoms with Crippen molar-refractivity contribution in [2.24, 2.45) is 4.99 Å². The summed E-state index contributed by atoms with van der Waals surface area (Å²) in [5, 5.41) is 6.63. The van der Waals surface area contributed by atoms with E-state index in [0.29, 0.717) is 13.0 Å². The van der Waals surface area contributed by atoms with Gasteiger partial charge in [-0.25, -0.2) is 4.99 Å². The molecule has 2 N–H and O–H groups in total. The summed E-state index contributed by atoms with van der Waals surface area (Å²) in [4.78, 5) is 18.3. The average molecular weight is 395 g/mol. The number of carbonyl (C=O) groups is 1. The number of amides is 1. The van der Waals surface area contributed by atoms with Gasteiger partial charge in [-0.15, -0.1) is 0 Å². The number of ether oxygens (including phenoxy) is 1. The largest absolute Gasteiger partial charge is 0.457 e. The van der Waals surface area contributed by atoms with E-state index in [9.17, 15) is 4.79 Å². The molecule has 6 heteroatoms. The van der Waals surface area contributed by atoms with Crippen LogP contribution in [0.2, 0.25) is 0 Å². The van der Waals surface area contributed by atoms with Gasteiger partial charge >= 0.3 is 0 Å². The van der Waals surface area contributed by atoms with E-state index in [-0.39, 0.29) is 5.91 Å². The Bertz CT molecular complexity index is 808. The van der Waals surface area contributed by atoms with Gasteiger partial charge in [0.1, 0.15) is 11.5 Å². The van der Waals surface area contributed by atoms with E-state index in [2.05, 4.69) is 22.5 Å². The Kier molecular flexibility index (Phi) is 7.92. The van der Waals surface area contributed by atoms with Gasteiger partial charge < -0.3 is 20.3 Å². The number of hydrogen-bond donors (Lipinski definition) is 2. The molecule has 154 valence electrons. The van der Waals surface area contributed by atoms with Crippen molar-refractivity contribution in [2.45, 2.75) is 32.7 Å². The summed E-state index contributed by atoms with van der Waals surface area (Å²) in [7, 11) is 0. The van der Waals surface area contributed by atoms with Crippen molar-refractivity contribution in [2.75, 3.05) is 26.2 Å². The minimum Gasteiger partial charge on any atom is -0.457 e. The second-order valence-corrected chi connectivity index (χ2v) is 7.02. The zero-order valence-corrected chi connectivity index (χ0v) is 17.1. The number of rotatable bonds is 9. The summed E-state index contributed by atoms with van der Waals surface area (Å²) in [6.07, 6.45) is 2.60. The average Bonchev–Trinajstić information content (AvgIpc) is 3.15. The van der Waals surface area contributed by atoms with Crippen LogP contribution in [0.15, 0.2) is 59.6 Å². The number of nitrogens with zero attached hydrogens (tertiary/aromatic N) is 2. The molecule has 1 heterocycles. The summed E-state index contributed by atoms with van der Waals surface area (Å²) >= 11 is 0. The lowest BCUT2D eigenvalue weighted by Crippen LogP contribution is -2.39. The van der Waals surface area contributed by atoms with Gasteiger partial charge in [0, 0.05) is 32.6 Å². The molecule has 1 saturated heterocycles. The number of para-hydroxylation sites is 1. The van der Waals surface area contributed by atoms with Crippen LogP contribution in [0.5, 0.6) is 11.5 Å².